The lowest BCUT2D eigenvalue weighted by Crippen LogP contribution is -2.14. The van der Waals surface area contributed by atoms with Crippen molar-refractivity contribution in [2.75, 3.05) is 10.0 Å². The van der Waals surface area contributed by atoms with Crippen LogP contribution in [0.25, 0.3) is 0 Å². The molecule has 0 unspecified atom stereocenters. The van der Waals surface area contributed by atoms with Crippen LogP contribution in [-0.2, 0) is 34.1 Å². The first-order chi connectivity index (χ1) is 13.9. The van der Waals surface area contributed by atoms with Crippen LogP contribution in [0.4, 0.5) is 10.8 Å². The van der Waals surface area contributed by atoms with Crippen LogP contribution in [0.1, 0.15) is 36.4 Å². The number of carbonyl (C=O) groups excluding carboxylic acids is 1. The van der Waals surface area contributed by atoms with Gasteiger partial charge in [0, 0.05) is 10.6 Å². The van der Waals surface area contributed by atoms with E-state index in [1.54, 1.807) is 41.8 Å². The molecule has 1 aromatic carbocycles. The number of anilines is 2. The van der Waals surface area contributed by atoms with Crippen LogP contribution in [0, 0.1) is 0 Å². The number of nitrogens with zero attached hydrogens (tertiary/aromatic N) is 1. The molecule has 2 aromatic heterocycles. The second-order valence-electron chi connectivity index (χ2n) is 6.45. The van der Waals surface area contributed by atoms with Crippen LogP contribution < -0.4 is 10.0 Å². The van der Waals surface area contributed by atoms with Crippen molar-refractivity contribution >= 4 is 49.4 Å². The number of thiophene rings is 1. The Bertz CT molecular complexity index is 1060. The number of nitrogens with one attached hydrogen (secondary N) is 2. The van der Waals surface area contributed by atoms with E-state index in [1.807, 2.05) is 0 Å². The first kappa shape index (κ1) is 21.5. The van der Waals surface area contributed by atoms with Crippen molar-refractivity contribution in [3.63, 3.8) is 0 Å². The van der Waals surface area contributed by atoms with Gasteiger partial charge in [-0.1, -0.05) is 38.5 Å². The third-order valence-corrected chi connectivity index (χ3v) is 8.10. The average Bonchev–Trinajstić information content (AvgIpc) is 3.34. The number of sulfonamides is 1. The molecule has 3 aromatic rings. The Morgan fingerprint density at radius 2 is 1.90 bits per heavy atom. The number of amides is 1. The van der Waals surface area contributed by atoms with Crippen LogP contribution >= 0.6 is 22.7 Å². The molecule has 0 fully saturated rings. The van der Waals surface area contributed by atoms with Gasteiger partial charge in [-0.3, -0.25) is 9.52 Å². The quantitative estimate of drug-likeness (QED) is 0.495. The summed E-state index contributed by atoms with van der Waals surface area (Å²) in [5.74, 6) is -0.142. The molecule has 6 nitrogen and oxygen atoms in total. The maximum absolute atomic E-state index is 12.4. The van der Waals surface area contributed by atoms with Gasteiger partial charge in [0.15, 0.2) is 5.13 Å². The van der Waals surface area contributed by atoms with E-state index < -0.39 is 10.0 Å². The lowest BCUT2D eigenvalue weighted by atomic mass is 10.1. The summed E-state index contributed by atoms with van der Waals surface area (Å²) in [5.41, 5.74) is 2.32. The summed E-state index contributed by atoms with van der Waals surface area (Å²) in [6.07, 6.45) is 3.04. The fourth-order valence-corrected chi connectivity index (χ4v) is 5.82. The van der Waals surface area contributed by atoms with E-state index in [-0.39, 0.29) is 16.5 Å². The van der Waals surface area contributed by atoms with E-state index in [1.165, 1.54) is 16.2 Å². The minimum Gasteiger partial charge on any atom is -0.302 e. The zero-order valence-electron chi connectivity index (χ0n) is 16.3. The molecule has 0 spiro atoms. The molecule has 0 saturated carbocycles. The third kappa shape index (κ3) is 5.65. The highest BCUT2D eigenvalue weighted by molar-refractivity contribution is 7.94. The minimum absolute atomic E-state index is 0.142. The second kappa shape index (κ2) is 9.51. The highest BCUT2D eigenvalue weighted by Crippen LogP contribution is 2.25. The second-order valence-corrected chi connectivity index (χ2v) is 10.4. The molecule has 1 amide bonds. The summed E-state index contributed by atoms with van der Waals surface area (Å²) in [6.45, 7) is 4.20. The molecule has 0 bridgehead atoms. The summed E-state index contributed by atoms with van der Waals surface area (Å²) in [4.78, 5) is 18.1. The van der Waals surface area contributed by atoms with Crippen LogP contribution in [0.5, 0.6) is 0 Å². The molecule has 2 N–H and O–H groups in total. The fourth-order valence-electron chi connectivity index (χ4n) is 2.81. The highest BCUT2D eigenvalue weighted by atomic mass is 32.2. The first-order valence-corrected chi connectivity index (χ1v) is 12.5. The predicted molar refractivity (Wildman–Crippen MR) is 119 cm³/mol. The van der Waals surface area contributed by atoms with Gasteiger partial charge in [0.2, 0.25) is 5.91 Å². The molecular weight excluding hydrogens is 426 g/mol. The van der Waals surface area contributed by atoms with Crippen LogP contribution in [0.3, 0.4) is 0 Å². The van der Waals surface area contributed by atoms with Crippen molar-refractivity contribution in [3.8, 4) is 0 Å². The number of thiazole rings is 1. The molecular formula is C20H23N3O3S3. The summed E-state index contributed by atoms with van der Waals surface area (Å²) in [6, 6.07) is 10.1. The summed E-state index contributed by atoms with van der Waals surface area (Å²) < 4.78 is 27.3. The maximum Gasteiger partial charge on any atom is 0.271 e. The Kier molecular flexibility index (Phi) is 7.05. The first-order valence-electron chi connectivity index (χ1n) is 9.35. The molecule has 0 saturated heterocycles. The average molecular weight is 450 g/mol. The molecule has 0 radical (unpaired) electrons. The van der Waals surface area contributed by atoms with Crippen LogP contribution in [0.2, 0.25) is 0 Å². The van der Waals surface area contributed by atoms with Crippen molar-refractivity contribution in [2.45, 2.75) is 43.7 Å². The van der Waals surface area contributed by atoms with Gasteiger partial charge in [-0.15, -0.1) is 22.7 Å². The van der Waals surface area contributed by atoms with E-state index >= 15 is 0 Å². The van der Waals surface area contributed by atoms with Gasteiger partial charge < -0.3 is 5.32 Å². The van der Waals surface area contributed by atoms with Crippen LogP contribution in [0.15, 0.2) is 46.0 Å². The number of hydrogen-bond acceptors (Lipinski definition) is 6. The molecule has 0 atom stereocenters. The summed E-state index contributed by atoms with van der Waals surface area (Å²) in [7, 11) is -3.57. The van der Waals surface area contributed by atoms with Crippen molar-refractivity contribution in [2.24, 2.45) is 0 Å². The number of rotatable bonds is 9. The van der Waals surface area contributed by atoms with Gasteiger partial charge in [-0.25, -0.2) is 13.4 Å². The zero-order chi connectivity index (χ0) is 20.9. The van der Waals surface area contributed by atoms with Crippen molar-refractivity contribution in [3.05, 3.63) is 57.9 Å². The normalized spacial score (nSPS) is 11.4. The Hall–Kier alpha value is -2.23. The minimum atomic E-state index is -3.57. The van der Waals surface area contributed by atoms with Gasteiger partial charge in [-0.05, 0) is 42.0 Å². The van der Waals surface area contributed by atoms with Crippen molar-refractivity contribution in [1.82, 2.24) is 4.98 Å². The molecule has 0 aliphatic rings. The standard InChI is InChI=1S/C20H23N3O3S3/c1-3-6-16-17(4-2)28-20(21-16)22-18(24)13-14-8-10-15(11-9-14)23-29(25,26)19-7-5-12-27-19/h5,7-12,23H,3-4,6,13H2,1-2H3,(H,21,22,24). The van der Waals surface area contributed by atoms with Gasteiger partial charge in [0.25, 0.3) is 10.0 Å². The number of benzene rings is 1. The van der Waals surface area contributed by atoms with Crippen molar-refractivity contribution < 1.29 is 13.2 Å². The lowest BCUT2D eigenvalue weighted by Gasteiger charge is -2.07. The highest BCUT2D eigenvalue weighted by Gasteiger charge is 2.15. The molecule has 9 heteroatoms. The molecule has 29 heavy (non-hydrogen) atoms. The fraction of sp³-hybridized carbons (Fsp3) is 0.300. The van der Waals surface area contributed by atoms with Crippen LogP contribution in [-0.4, -0.2) is 19.3 Å². The van der Waals surface area contributed by atoms with E-state index in [9.17, 15) is 13.2 Å². The largest absolute Gasteiger partial charge is 0.302 e. The summed E-state index contributed by atoms with van der Waals surface area (Å²) >= 11 is 2.69. The Labute approximate surface area is 179 Å². The van der Waals surface area contributed by atoms with Crippen molar-refractivity contribution in [1.29, 1.82) is 0 Å². The van der Waals surface area contributed by atoms with E-state index in [2.05, 4.69) is 28.9 Å². The van der Waals surface area contributed by atoms with Gasteiger partial charge in [0.05, 0.1) is 12.1 Å². The predicted octanol–water partition coefficient (Wildman–Crippen LogP) is 4.70. The third-order valence-electron chi connectivity index (χ3n) is 4.16. The van der Waals surface area contributed by atoms with Gasteiger partial charge in [-0.2, -0.15) is 0 Å². The SMILES string of the molecule is CCCc1nc(NC(=O)Cc2ccc(NS(=O)(=O)c3cccs3)cc2)sc1CC. The van der Waals surface area contributed by atoms with E-state index in [0.717, 1.165) is 41.9 Å². The Morgan fingerprint density at radius 1 is 1.14 bits per heavy atom. The van der Waals surface area contributed by atoms with Gasteiger partial charge >= 0.3 is 0 Å². The molecule has 154 valence electrons. The van der Waals surface area contributed by atoms with E-state index in [0.29, 0.717) is 10.8 Å². The smallest absolute Gasteiger partial charge is 0.271 e. The Morgan fingerprint density at radius 3 is 2.52 bits per heavy atom. The van der Waals surface area contributed by atoms with Gasteiger partial charge in [0.1, 0.15) is 4.21 Å². The molecule has 0 aliphatic heterocycles. The zero-order valence-corrected chi connectivity index (χ0v) is 18.7. The lowest BCUT2D eigenvalue weighted by molar-refractivity contribution is -0.115. The Balaban J connectivity index is 1.60. The number of hydrogen-bond donors (Lipinski definition) is 2. The van der Waals surface area contributed by atoms with E-state index in [4.69, 9.17) is 0 Å². The number of aryl methyl sites for hydroxylation is 2. The monoisotopic (exact) mass is 449 g/mol. The number of carbonyl (C=O) groups is 1. The molecule has 2 heterocycles. The maximum atomic E-state index is 12.4. The molecule has 0 aliphatic carbocycles. The summed E-state index contributed by atoms with van der Waals surface area (Å²) in [5, 5.41) is 5.22. The number of aromatic nitrogens is 1. The molecule has 3 rings (SSSR count). The topological polar surface area (TPSA) is 88.2 Å².